The number of amides is 3. The number of rotatable bonds is 17. The van der Waals surface area contributed by atoms with Gasteiger partial charge < -0.3 is 36.6 Å². The first-order valence-electron chi connectivity index (χ1n) is 13.9. The van der Waals surface area contributed by atoms with E-state index in [1.165, 1.54) is 42.5 Å². The predicted molar refractivity (Wildman–Crippen MR) is 158 cm³/mol. The van der Waals surface area contributed by atoms with Crippen molar-refractivity contribution in [2.75, 3.05) is 25.0 Å². The summed E-state index contributed by atoms with van der Waals surface area (Å²) in [6, 6.07) is 9.91. The summed E-state index contributed by atoms with van der Waals surface area (Å²) in [5, 5.41) is 47.0. The molecule has 14 heteroatoms. The Hall–Kier alpha value is -4.85. The molecule has 232 valence electrons. The number of aromatic hydroxyl groups is 1. The molecule has 0 aliphatic heterocycles. The number of carbonyl (C=O) groups is 5. The van der Waals surface area contributed by atoms with Crippen molar-refractivity contribution in [2.24, 2.45) is 10.2 Å². The third kappa shape index (κ3) is 12.3. The van der Waals surface area contributed by atoms with Gasteiger partial charge in [-0.3, -0.25) is 19.2 Å². The van der Waals surface area contributed by atoms with E-state index in [-0.39, 0.29) is 54.3 Å². The first-order valence-corrected chi connectivity index (χ1v) is 13.9. The average molecular weight is 599 g/mol. The van der Waals surface area contributed by atoms with Gasteiger partial charge in [-0.2, -0.15) is 5.11 Å². The fraction of sp³-hybridized carbons (Fsp3) is 0.414. The number of carboxylic acids is 2. The van der Waals surface area contributed by atoms with Crippen LogP contribution in [0.3, 0.4) is 0 Å². The third-order valence-electron chi connectivity index (χ3n) is 6.34. The van der Waals surface area contributed by atoms with E-state index in [4.69, 9.17) is 5.11 Å². The first kappa shape index (κ1) is 34.4. The van der Waals surface area contributed by atoms with Gasteiger partial charge in [-0.05, 0) is 54.8 Å². The lowest BCUT2D eigenvalue weighted by Gasteiger charge is -2.18. The number of unbranched alkanes of at least 4 members (excludes halogenated alkanes) is 1. The van der Waals surface area contributed by atoms with Crippen molar-refractivity contribution in [2.45, 2.75) is 57.9 Å². The molecule has 2 aromatic carbocycles. The fourth-order valence-electron chi connectivity index (χ4n) is 4.00. The van der Waals surface area contributed by atoms with E-state index in [0.29, 0.717) is 5.69 Å². The van der Waals surface area contributed by atoms with Crippen molar-refractivity contribution >= 4 is 46.7 Å². The van der Waals surface area contributed by atoms with Crippen molar-refractivity contribution in [1.29, 1.82) is 0 Å². The van der Waals surface area contributed by atoms with Gasteiger partial charge in [0.15, 0.2) is 0 Å². The van der Waals surface area contributed by atoms with Gasteiger partial charge in [-0.15, -0.1) is 5.11 Å². The minimum absolute atomic E-state index is 0.0292. The fourth-order valence-corrected chi connectivity index (χ4v) is 4.00. The highest BCUT2D eigenvalue weighted by atomic mass is 16.4. The maximum Gasteiger partial charge on any atom is 0.394 e. The number of carboxylic acid groups (broad SMARTS) is 2. The Morgan fingerprint density at radius 2 is 1.53 bits per heavy atom. The Kier molecular flexibility index (Phi) is 14.3. The molecule has 0 spiro atoms. The van der Waals surface area contributed by atoms with Crippen molar-refractivity contribution in [3.05, 3.63) is 48.0 Å². The third-order valence-corrected chi connectivity index (χ3v) is 6.34. The number of anilines is 1. The van der Waals surface area contributed by atoms with Crippen LogP contribution in [0.15, 0.2) is 52.7 Å². The Morgan fingerprint density at radius 3 is 2.16 bits per heavy atom. The molecule has 0 saturated heterocycles. The zero-order valence-electron chi connectivity index (χ0n) is 24.1. The molecular weight excluding hydrogens is 560 g/mol. The summed E-state index contributed by atoms with van der Waals surface area (Å²) in [6.45, 7) is 3.68. The quantitative estimate of drug-likeness (QED) is 0.105. The lowest BCUT2D eigenvalue weighted by molar-refractivity contribution is -0.147. The highest BCUT2D eigenvalue weighted by molar-refractivity contribution is 6.36. The number of hydrogen-bond donors (Lipinski definition) is 7. The number of aliphatic carboxylic acids is 2. The smallest absolute Gasteiger partial charge is 0.394 e. The summed E-state index contributed by atoms with van der Waals surface area (Å²) in [7, 11) is 0. The summed E-state index contributed by atoms with van der Waals surface area (Å²) >= 11 is 0. The van der Waals surface area contributed by atoms with E-state index in [9.17, 15) is 34.2 Å². The number of nitrogens with one attached hydrogen (secondary N) is 4. The average Bonchev–Trinajstić information content (AvgIpc) is 2.98. The van der Waals surface area contributed by atoms with Gasteiger partial charge in [0.25, 0.3) is 0 Å². The van der Waals surface area contributed by atoms with Crippen LogP contribution < -0.4 is 21.3 Å². The maximum absolute atomic E-state index is 12.3. The number of carbonyl (C=O) groups excluding carboxylic acids is 3. The summed E-state index contributed by atoms with van der Waals surface area (Å²) in [4.78, 5) is 58.4. The molecule has 2 atom stereocenters. The van der Waals surface area contributed by atoms with Gasteiger partial charge in [-0.25, -0.2) is 4.79 Å². The Bertz CT molecular complexity index is 1300. The summed E-state index contributed by atoms with van der Waals surface area (Å²) in [5.74, 6) is -6.40. The topological polar surface area (TPSA) is 219 Å². The molecule has 0 aliphatic carbocycles. The molecular formula is C29H38N6O8. The largest absolute Gasteiger partial charge is 0.506 e. The highest BCUT2D eigenvalue weighted by Gasteiger charge is 2.22. The van der Waals surface area contributed by atoms with Crippen LogP contribution in [0.1, 0.15) is 57.4 Å². The van der Waals surface area contributed by atoms with E-state index >= 15 is 0 Å². The Balaban J connectivity index is 1.95. The van der Waals surface area contributed by atoms with Crippen molar-refractivity contribution < 1.29 is 39.3 Å². The highest BCUT2D eigenvalue weighted by Crippen LogP contribution is 2.32. The number of hydrogen-bond acceptors (Lipinski definition) is 9. The lowest BCUT2D eigenvalue weighted by atomic mass is 9.98. The van der Waals surface area contributed by atoms with Gasteiger partial charge in [-0.1, -0.05) is 39.2 Å². The van der Waals surface area contributed by atoms with Crippen LogP contribution in [0, 0.1) is 0 Å². The summed E-state index contributed by atoms with van der Waals surface area (Å²) in [5.41, 5.74) is 0.744. The summed E-state index contributed by atoms with van der Waals surface area (Å²) < 4.78 is 0. The van der Waals surface area contributed by atoms with Crippen molar-refractivity contribution in [3.63, 3.8) is 0 Å². The minimum atomic E-state index is -1.63. The molecule has 2 rings (SSSR count). The van der Waals surface area contributed by atoms with Crippen molar-refractivity contribution in [3.8, 4) is 5.75 Å². The summed E-state index contributed by atoms with van der Waals surface area (Å²) in [6.07, 6.45) is 5.05. The molecule has 14 nitrogen and oxygen atoms in total. The van der Waals surface area contributed by atoms with Gasteiger partial charge in [0.1, 0.15) is 11.4 Å². The Labute approximate surface area is 249 Å². The van der Waals surface area contributed by atoms with Crippen LogP contribution in [0.2, 0.25) is 0 Å². The molecule has 0 bridgehead atoms. The number of benzene rings is 2. The van der Waals surface area contributed by atoms with Gasteiger partial charge >= 0.3 is 17.8 Å². The molecule has 0 saturated carbocycles. The van der Waals surface area contributed by atoms with E-state index in [1.807, 2.05) is 0 Å². The van der Waals surface area contributed by atoms with Crippen molar-refractivity contribution in [1.82, 2.24) is 16.0 Å². The number of phenols is 1. The Morgan fingerprint density at radius 1 is 0.837 bits per heavy atom. The molecule has 43 heavy (non-hydrogen) atoms. The molecule has 0 aromatic heterocycles. The van der Waals surface area contributed by atoms with Crippen LogP contribution in [0.25, 0.3) is 0 Å². The molecule has 0 radical (unpaired) electrons. The minimum Gasteiger partial charge on any atom is -0.506 e. The van der Waals surface area contributed by atoms with Gasteiger partial charge in [0.05, 0.1) is 24.7 Å². The molecule has 2 unspecified atom stereocenters. The second kappa shape index (κ2) is 17.9. The first-order chi connectivity index (χ1) is 20.5. The SMILES string of the molecule is CCCCC(CCC)NCC(=O)NCC(=O)NCC(C(=O)O)c1ccc(O)c(N=Nc2ccc(NC(=O)C(=O)O)cc2)c1. The van der Waals surface area contributed by atoms with Gasteiger partial charge in [0, 0.05) is 18.3 Å². The maximum atomic E-state index is 12.3. The second-order valence-corrected chi connectivity index (χ2v) is 9.73. The molecule has 7 N–H and O–H groups in total. The van der Waals surface area contributed by atoms with E-state index < -0.39 is 29.7 Å². The zero-order chi connectivity index (χ0) is 31.8. The van der Waals surface area contributed by atoms with Crippen LogP contribution in [-0.4, -0.2) is 70.7 Å². The van der Waals surface area contributed by atoms with Crippen LogP contribution in [0.5, 0.6) is 5.75 Å². The second-order valence-electron chi connectivity index (χ2n) is 9.73. The van der Waals surface area contributed by atoms with Crippen LogP contribution in [0.4, 0.5) is 17.1 Å². The molecule has 0 aliphatic rings. The monoisotopic (exact) mass is 598 g/mol. The molecule has 3 amide bonds. The lowest BCUT2D eigenvalue weighted by Crippen LogP contribution is -2.44. The standard InChI is InChI=1S/C29H38N6O8/c1-3-5-7-19(6-4-2)30-16-25(37)32-17-26(38)31-15-22(28(40)41)18-8-13-24(36)23(14-18)35-34-21-11-9-20(10-12-21)33-27(39)29(42)43/h8-14,19,22,30,36H,3-7,15-17H2,1-2H3,(H,31,38)(H,32,37)(H,33,39)(H,40,41)(H,42,43). The number of phenolic OH excluding ortho intramolecular Hbond substituents is 1. The zero-order valence-corrected chi connectivity index (χ0v) is 24.1. The van der Waals surface area contributed by atoms with Gasteiger partial charge in [0.2, 0.25) is 11.8 Å². The number of azo groups is 1. The van der Waals surface area contributed by atoms with E-state index in [1.54, 1.807) is 0 Å². The van der Waals surface area contributed by atoms with E-state index in [0.717, 1.165) is 32.1 Å². The molecule has 0 fully saturated rings. The van der Waals surface area contributed by atoms with E-state index in [2.05, 4.69) is 45.3 Å². The molecule has 0 heterocycles. The molecule has 2 aromatic rings. The van der Waals surface area contributed by atoms with Crippen LogP contribution >= 0.6 is 0 Å². The predicted octanol–water partition coefficient (Wildman–Crippen LogP) is 3.18. The number of nitrogens with zero attached hydrogens (tertiary/aromatic N) is 2. The normalized spacial score (nSPS) is 12.3. The van der Waals surface area contributed by atoms with Crippen LogP contribution in [-0.2, 0) is 24.0 Å².